The first-order valence-electron chi connectivity index (χ1n) is 7.17. The molecule has 0 saturated carbocycles. The fourth-order valence-corrected chi connectivity index (χ4v) is 1.95. The van der Waals surface area contributed by atoms with Crippen LogP contribution in [-0.4, -0.2) is 55.0 Å². The van der Waals surface area contributed by atoms with E-state index >= 15 is 0 Å². The molecule has 0 radical (unpaired) electrons. The Balaban J connectivity index is 2.44. The lowest BCUT2D eigenvalue weighted by atomic mass is 9.79. The van der Waals surface area contributed by atoms with Crippen LogP contribution >= 0.6 is 0 Å². The van der Waals surface area contributed by atoms with Crippen molar-refractivity contribution in [3.63, 3.8) is 0 Å². The average Bonchev–Trinajstić information content (AvgIpc) is 2.47. The molecule has 0 saturated heterocycles. The Kier molecular flexibility index (Phi) is 8.45. The van der Waals surface area contributed by atoms with Crippen molar-refractivity contribution < 1.29 is 23.6 Å². The largest absolute Gasteiger partial charge is 0.494 e. The second-order valence-electron chi connectivity index (χ2n) is 4.78. The first kappa shape index (κ1) is 18.0. The monoisotopic (exact) mass is 301 g/mol. The van der Waals surface area contributed by atoms with E-state index in [1.165, 1.54) is 12.1 Å². The van der Waals surface area contributed by atoms with Gasteiger partial charge in [0.15, 0.2) is 11.6 Å². The van der Waals surface area contributed by atoms with Gasteiger partial charge < -0.3 is 14.8 Å². The molecule has 0 aliphatic carbocycles. The van der Waals surface area contributed by atoms with E-state index in [0.717, 1.165) is 25.5 Å². The lowest BCUT2D eigenvalue weighted by molar-refractivity contribution is 0.159. The minimum atomic E-state index is -1.50. The number of aliphatic hydroxyl groups excluding tert-OH is 1. The highest BCUT2D eigenvalue weighted by Crippen LogP contribution is 2.03. The molecule has 0 bridgehead atoms. The maximum Gasteiger partial charge on any atom is 0.494 e. The van der Waals surface area contributed by atoms with Crippen molar-refractivity contribution in [2.45, 2.75) is 19.8 Å². The van der Waals surface area contributed by atoms with Crippen molar-refractivity contribution >= 4 is 12.6 Å². The zero-order valence-electron chi connectivity index (χ0n) is 12.3. The van der Waals surface area contributed by atoms with E-state index in [1.807, 2.05) is 4.90 Å². The van der Waals surface area contributed by atoms with E-state index in [4.69, 9.17) is 9.76 Å². The number of rotatable bonds is 10. The normalized spacial score (nSPS) is 11.1. The molecule has 0 aliphatic rings. The summed E-state index contributed by atoms with van der Waals surface area (Å²) in [5.74, 6) is -2.11. The summed E-state index contributed by atoms with van der Waals surface area (Å²) in [6.07, 6.45) is 2.04. The van der Waals surface area contributed by atoms with Gasteiger partial charge in [-0.1, -0.05) is 25.5 Å². The molecule has 0 spiro atoms. The Morgan fingerprint density at radius 3 is 2.67 bits per heavy atom. The van der Waals surface area contributed by atoms with Gasteiger partial charge in [-0.25, -0.2) is 8.78 Å². The molecule has 1 rings (SSSR count). The van der Waals surface area contributed by atoms with Crippen LogP contribution in [0.15, 0.2) is 18.2 Å². The molecular weight excluding hydrogens is 279 g/mol. The molecule has 0 heterocycles. The summed E-state index contributed by atoms with van der Waals surface area (Å²) in [5, 5.41) is 18.7. The molecule has 0 aliphatic heterocycles. The maximum atomic E-state index is 13.5. The van der Waals surface area contributed by atoms with E-state index in [2.05, 4.69) is 6.92 Å². The molecule has 1 aromatic rings. The molecule has 0 fully saturated rings. The van der Waals surface area contributed by atoms with Crippen LogP contribution in [-0.2, 0) is 4.65 Å². The standard InChI is InChI=1S/C14H22BF2NO3/c1-2-3-7-18(8-10-19)9-11-21-15(20)12-5-4-6-13(16)14(12)17/h4-6,19-20H,2-3,7-11H2,1H3. The SMILES string of the molecule is CCCCN(CCO)CCOB(O)c1cccc(F)c1F. The number of hydrogen-bond acceptors (Lipinski definition) is 4. The predicted molar refractivity (Wildman–Crippen MR) is 78.4 cm³/mol. The molecule has 7 heteroatoms. The molecule has 0 atom stereocenters. The molecule has 21 heavy (non-hydrogen) atoms. The van der Waals surface area contributed by atoms with E-state index in [0.29, 0.717) is 13.1 Å². The Morgan fingerprint density at radius 1 is 1.24 bits per heavy atom. The summed E-state index contributed by atoms with van der Waals surface area (Å²) < 4.78 is 31.7. The maximum absolute atomic E-state index is 13.5. The van der Waals surface area contributed by atoms with Gasteiger partial charge in [0.05, 0.1) is 6.61 Å². The topological polar surface area (TPSA) is 52.9 Å². The molecular formula is C14H22BF2NO3. The Hall–Kier alpha value is -1.02. The van der Waals surface area contributed by atoms with Crippen LogP contribution in [0.3, 0.4) is 0 Å². The molecule has 118 valence electrons. The number of aliphatic hydroxyl groups is 1. The van der Waals surface area contributed by atoms with E-state index < -0.39 is 18.8 Å². The van der Waals surface area contributed by atoms with Crippen LogP contribution in [0.25, 0.3) is 0 Å². The number of hydrogen-bond donors (Lipinski definition) is 2. The Morgan fingerprint density at radius 2 is 2.00 bits per heavy atom. The van der Waals surface area contributed by atoms with Crippen LogP contribution in [0.4, 0.5) is 8.78 Å². The van der Waals surface area contributed by atoms with E-state index in [-0.39, 0.29) is 18.7 Å². The number of unbranched alkanes of at least 4 members (excludes halogenated alkanes) is 1. The van der Waals surface area contributed by atoms with Crippen molar-refractivity contribution in [3.05, 3.63) is 29.8 Å². The van der Waals surface area contributed by atoms with Gasteiger partial charge in [-0.2, -0.15) is 0 Å². The molecule has 4 nitrogen and oxygen atoms in total. The zero-order valence-corrected chi connectivity index (χ0v) is 12.3. The van der Waals surface area contributed by atoms with Crippen LogP contribution in [0.2, 0.25) is 0 Å². The highest BCUT2D eigenvalue weighted by Gasteiger charge is 2.22. The summed E-state index contributed by atoms with van der Waals surface area (Å²) in [6, 6.07) is 3.59. The number of benzene rings is 1. The van der Waals surface area contributed by atoms with Gasteiger partial charge in [0, 0.05) is 25.2 Å². The quantitative estimate of drug-likeness (QED) is 0.627. The third-order valence-corrected chi connectivity index (χ3v) is 3.17. The molecule has 2 N–H and O–H groups in total. The van der Waals surface area contributed by atoms with Crippen LogP contribution < -0.4 is 5.46 Å². The molecule has 0 unspecified atom stereocenters. The second kappa shape index (κ2) is 9.84. The summed E-state index contributed by atoms with van der Waals surface area (Å²) >= 11 is 0. The lowest BCUT2D eigenvalue weighted by Gasteiger charge is -2.21. The third kappa shape index (κ3) is 6.09. The smallest absolute Gasteiger partial charge is 0.423 e. The average molecular weight is 301 g/mol. The van der Waals surface area contributed by atoms with Crippen molar-refractivity contribution in [2.24, 2.45) is 0 Å². The zero-order chi connectivity index (χ0) is 15.7. The van der Waals surface area contributed by atoms with Gasteiger partial charge in [0.25, 0.3) is 0 Å². The highest BCUT2D eigenvalue weighted by molar-refractivity contribution is 6.60. The molecule has 1 aromatic carbocycles. The van der Waals surface area contributed by atoms with Crippen molar-refractivity contribution in [2.75, 3.05) is 32.8 Å². The lowest BCUT2D eigenvalue weighted by Crippen LogP contribution is -2.39. The predicted octanol–water partition coefficient (Wildman–Crippen LogP) is 0.763. The van der Waals surface area contributed by atoms with Gasteiger partial charge in [-0.3, -0.25) is 4.90 Å². The summed E-state index contributed by atoms with van der Waals surface area (Å²) in [5.41, 5.74) is -0.211. The fraction of sp³-hybridized carbons (Fsp3) is 0.571. The Bertz CT molecular complexity index is 423. The van der Waals surface area contributed by atoms with Gasteiger partial charge in [-0.15, -0.1) is 0 Å². The van der Waals surface area contributed by atoms with Crippen LogP contribution in [0.5, 0.6) is 0 Å². The minimum absolute atomic E-state index is 0.0464. The van der Waals surface area contributed by atoms with Crippen molar-refractivity contribution in [1.29, 1.82) is 0 Å². The molecule has 0 aromatic heterocycles. The van der Waals surface area contributed by atoms with E-state index in [9.17, 15) is 13.8 Å². The molecule has 0 amide bonds. The Labute approximate surface area is 124 Å². The first-order chi connectivity index (χ1) is 10.1. The highest BCUT2D eigenvalue weighted by atomic mass is 19.2. The first-order valence-corrected chi connectivity index (χ1v) is 7.17. The number of halogens is 2. The summed E-state index contributed by atoms with van der Waals surface area (Å²) in [4.78, 5) is 2.00. The van der Waals surface area contributed by atoms with Crippen molar-refractivity contribution in [3.8, 4) is 0 Å². The summed E-state index contributed by atoms with van der Waals surface area (Å²) in [7, 11) is -1.50. The number of nitrogens with zero attached hydrogens (tertiary/aromatic N) is 1. The van der Waals surface area contributed by atoms with Gasteiger partial charge in [-0.05, 0) is 19.0 Å². The van der Waals surface area contributed by atoms with Crippen LogP contribution in [0.1, 0.15) is 19.8 Å². The minimum Gasteiger partial charge on any atom is -0.423 e. The van der Waals surface area contributed by atoms with Crippen molar-refractivity contribution in [1.82, 2.24) is 4.90 Å². The van der Waals surface area contributed by atoms with Crippen LogP contribution in [0, 0.1) is 11.6 Å². The van der Waals surface area contributed by atoms with E-state index in [1.54, 1.807) is 0 Å². The van der Waals surface area contributed by atoms with Gasteiger partial charge in [0.2, 0.25) is 0 Å². The van der Waals surface area contributed by atoms with Gasteiger partial charge in [0.1, 0.15) is 0 Å². The second-order valence-corrected chi connectivity index (χ2v) is 4.78. The van der Waals surface area contributed by atoms with Gasteiger partial charge >= 0.3 is 7.12 Å². The third-order valence-electron chi connectivity index (χ3n) is 3.17. The fourth-order valence-electron chi connectivity index (χ4n) is 1.95. The summed E-state index contributed by atoms with van der Waals surface area (Å²) in [6.45, 7) is 4.14.